The zero-order chi connectivity index (χ0) is 44.0. The molecule has 59 heavy (non-hydrogen) atoms. The second-order valence-electron chi connectivity index (χ2n) is 17.7. The molecular formula is C53H104CoO5-2. The monoisotopic (exact) mass is 880 g/mol. The molecule has 0 saturated heterocycles. The fourth-order valence-corrected chi connectivity index (χ4v) is 7.84. The van der Waals surface area contributed by atoms with Crippen LogP contribution in [0.4, 0.5) is 0 Å². The summed E-state index contributed by atoms with van der Waals surface area (Å²) in [4.78, 5) is 22.9. The molecule has 0 aromatic carbocycles. The topological polar surface area (TPSA) is 80.7 Å². The molecule has 6 heteroatoms. The van der Waals surface area contributed by atoms with Crippen LogP contribution in [0.15, 0.2) is 0 Å². The summed E-state index contributed by atoms with van der Waals surface area (Å²) in [5, 5.41) is 9.81. The number of carbonyl (C=O) groups excluding carboxylic acids is 2. The first-order chi connectivity index (χ1) is 29.0. The third kappa shape index (κ3) is 59.5. The number of aldehydes is 1. The summed E-state index contributed by atoms with van der Waals surface area (Å²) in [5.74, 6) is 0.0387. The SMILES string of the molecule is CCCCCC[CH-]CCCCCCCCCCC(=O)OC(CCCCCC)CCCCCCCCCCC=O.[CH2-]CCCCCCCCCC(O)CCCCCC.[O]=[Co]. The zero-order valence-corrected chi connectivity index (χ0v) is 41.1. The van der Waals surface area contributed by atoms with Gasteiger partial charge in [0.25, 0.3) is 0 Å². The Morgan fingerprint density at radius 3 is 1.27 bits per heavy atom. The number of esters is 1. The van der Waals surface area contributed by atoms with Gasteiger partial charge in [-0.2, -0.15) is 19.3 Å². The van der Waals surface area contributed by atoms with Crippen molar-refractivity contribution >= 4 is 12.3 Å². The van der Waals surface area contributed by atoms with Crippen molar-refractivity contribution in [1.29, 1.82) is 0 Å². The molecule has 0 saturated carbocycles. The number of aliphatic hydroxyl groups excluding tert-OH is 1. The first kappa shape index (κ1) is 62.7. The minimum atomic E-state index is -0.0342. The summed E-state index contributed by atoms with van der Waals surface area (Å²) < 4.78 is 13.9. The van der Waals surface area contributed by atoms with Crippen LogP contribution in [0.5, 0.6) is 0 Å². The third-order valence-corrected chi connectivity index (χ3v) is 11.8. The minimum absolute atomic E-state index is 0.0342. The standard InChI is InChI=1S/C36H69O3.C17H35O.Co.O/c1-3-5-7-9-10-11-12-13-14-15-16-19-22-25-29-33-36(38)39-35(31-27-8-6-4-2)32-28-24-21-18-17-20-23-26-30-34-37;1-3-5-7-9-10-11-12-14-16-17(18)15-13-8-6-4-2;;/h11,34-35H,3-10,12-33H2,1-2H3;17-18H,1,3-16H2,2H3;;/q2*-1;;. The molecule has 0 rings (SSSR count). The second-order valence-corrected chi connectivity index (χ2v) is 17.7. The Labute approximate surface area is 378 Å². The summed E-state index contributed by atoms with van der Waals surface area (Å²) >= 11 is 2.31. The van der Waals surface area contributed by atoms with Crippen LogP contribution in [0.2, 0.25) is 0 Å². The fraction of sp³-hybridized carbons (Fsp3) is 0.925. The Morgan fingerprint density at radius 1 is 0.508 bits per heavy atom. The molecule has 5 nitrogen and oxygen atoms in total. The fourth-order valence-electron chi connectivity index (χ4n) is 7.84. The van der Waals surface area contributed by atoms with Gasteiger partial charge in [0.15, 0.2) is 0 Å². The van der Waals surface area contributed by atoms with Gasteiger partial charge in [-0.1, -0.05) is 220 Å². The normalized spacial score (nSPS) is 12.0. The van der Waals surface area contributed by atoms with E-state index in [-0.39, 0.29) is 18.2 Å². The van der Waals surface area contributed by atoms with Crippen LogP contribution in [0.1, 0.15) is 303 Å². The molecule has 0 amide bonds. The van der Waals surface area contributed by atoms with Gasteiger partial charge in [-0.05, 0) is 51.4 Å². The summed E-state index contributed by atoms with van der Waals surface area (Å²) in [7, 11) is 0. The van der Waals surface area contributed by atoms with Crippen molar-refractivity contribution < 1.29 is 39.0 Å². The number of ether oxygens (including phenoxy) is 1. The number of unbranched alkanes of at least 4 members (excludes halogenated alkanes) is 35. The predicted octanol–water partition coefficient (Wildman–Crippen LogP) is 17.6. The van der Waals surface area contributed by atoms with Crippen LogP contribution >= 0.6 is 0 Å². The molecule has 357 valence electrons. The molecule has 0 radical (unpaired) electrons. The average molecular weight is 880 g/mol. The first-order valence-corrected chi connectivity index (χ1v) is 26.5. The second kappa shape index (κ2) is 59.5. The van der Waals surface area contributed by atoms with E-state index in [2.05, 4.69) is 49.8 Å². The van der Waals surface area contributed by atoms with Crippen LogP contribution in [0.25, 0.3) is 0 Å². The maximum atomic E-state index is 12.5. The molecule has 1 N–H and O–H groups in total. The number of hydrogen-bond donors (Lipinski definition) is 1. The summed E-state index contributed by atoms with van der Waals surface area (Å²) in [5.41, 5.74) is 0. The first-order valence-electron chi connectivity index (χ1n) is 26.1. The van der Waals surface area contributed by atoms with Gasteiger partial charge in [0.2, 0.25) is 0 Å². The van der Waals surface area contributed by atoms with Gasteiger partial charge in [0, 0.05) is 12.8 Å². The van der Waals surface area contributed by atoms with Crippen LogP contribution in [0.3, 0.4) is 0 Å². The number of rotatable bonds is 47. The molecule has 2 atom stereocenters. The van der Waals surface area contributed by atoms with E-state index >= 15 is 0 Å². The quantitative estimate of drug-likeness (QED) is 0.0285. The molecule has 0 aromatic rings. The van der Waals surface area contributed by atoms with Crippen molar-refractivity contribution in [2.45, 2.75) is 315 Å². The van der Waals surface area contributed by atoms with Crippen molar-refractivity contribution in [3.05, 3.63) is 13.3 Å². The third-order valence-electron chi connectivity index (χ3n) is 11.8. The molecule has 0 fully saturated rings. The van der Waals surface area contributed by atoms with Gasteiger partial charge >= 0.3 is 25.5 Å². The number of aliphatic hydroxyl groups is 1. The van der Waals surface area contributed by atoms with E-state index < -0.39 is 0 Å². The summed E-state index contributed by atoms with van der Waals surface area (Å²) in [6, 6.07) is 0. The Hall–Kier alpha value is -0.594. The van der Waals surface area contributed by atoms with E-state index in [1.165, 1.54) is 218 Å². The van der Waals surface area contributed by atoms with Gasteiger partial charge in [0.05, 0.1) is 6.10 Å². The molecule has 0 heterocycles. The van der Waals surface area contributed by atoms with Gasteiger partial charge in [-0.3, -0.25) is 4.79 Å². The van der Waals surface area contributed by atoms with Crippen molar-refractivity contribution in [1.82, 2.24) is 0 Å². The molecule has 2 unspecified atom stereocenters. The van der Waals surface area contributed by atoms with E-state index in [1.807, 2.05) is 0 Å². The van der Waals surface area contributed by atoms with Crippen LogP contribution in [-0.4, -0.2) is 29.6 Å². The molecule has 0 aromatic heterocycles. The van der Waals surface area contributed by atoms with Crippen LogP contribution in [0, 0.1) is 13.3 Å². The molecule has 0 aliphatic rings. The average Bonchev–Trinajstić information content (AvgIpc) is 3.25. The van der Waals surface area contributed by atoms with Gasteiger partial charge in [-0.25, -0.2) is 0 Å². The van der Waals surface area contributed by atoms with Crippen LogP contribution < -0.4 is 0 Å². The zero-order valence-electron chi connectivity index (χ0n) is 40.0. The van der Waals surface area contributed by atoms with E-state index in [9.17, 15) is 14.7 Å². The Bertz CT molecular complexity index is 764. The van der Waals surface area contributed by atoms with Gasteiger partial charge in [0.1, 0.15) is 12.4 Å². The Balaban J connectivity index is -0.00000131. The molecular weight excluding hydrogens is 776 g/mol. The van der Waals surface area contributed by atoms with E-state index in [0.717, 1.165) is 64.1 Å². The van der Waals surface area contributed by atoms with E-state index in [1.54, 1.807) is 0 Å². The van der Waals surface area contributed by atoms with Gasteiger partial charge < -0.3 is 28.0 Å². The Kier molecular flexibility index (Phi) is 63.2. The predicted molar refractivity (Wildman–Crippen MR) is 252 cm³/mol. The van der Waals surface area contributed by atoms with Crippen molar-refractivity contribution in [2.75, 3.05) is 0 Å². The summed E-state index contributed by atoms with van der Waals surface area (Å²) in [6.45, 7) is 10.6. The van der Waals surface area contributed by atoms with Gasteiger partial charge in [-0.15, -0.1) is 0 Å². The molecule has 0 bridgehead atoms. The summed E-state index contributed by atoms with van der Waals surface area (Å²) in [6.07, 6.45) is 57.5. The molecule has 0 spiro atoms. The van der Waals surface area contributed by atoms with Crippen molar-refractivity contribution in [3.63, 3.8) is 0 Å². The molecule has 0 aliphatic carbocycles. The maximum absolute atomic E-state index is 12.5. The van der Waals surface area contributed by atoms with E-state index in [0.29, 0.717) is 6.42 Å². The van der Waals surface area contributed by atoms with Crippen LogP contribution in [-0.2, 0) is 33.9 Å². The van der Waals surface area contributed by atoms with Crippen molar-refractivity contribution in [3.8, 4) is 0 Å². The Morgan fingerprint density at radius 2 is 0.847 bits per heavy atom. The van der Waals surface area contributed by atoms with Crippen molar-refractivity contribution in [2.24, 2.45) is 0 Å². The number of hydrogen-bond acceptors (Lipinski definition) is 5. The number of carbonyl (C=O) groups is 2. The molecule has 0 aliphatic heterocycles. The van der Waals surface area contributed by atoms with E-state index in [4.69, 9.17) is 8.60 Å².